The Balaban J connectivity index is 1.03. The summed E-state index contributed by atoms with van der Waals surface area (Å²) in [6.45, 7) is 0. The fourth-order valence-corrected chi connectivity index (χ4v) is 10.2. The molecule has 10 aromatic carbocycles. The van der Waals surface area contributed by atoms with Gasteiger partial charge in [-0.1, -0.05) is 188 Å². The minimum Gasteiger partial charge on any atom is -0.452 e. The zero-order chi connectivity index (χ0) is 44.0. The van der Waals surface area contributed by atoms with E-state index in [2.05, 4.69) is 221 Å². The zero-order valence-electron chi connectivity index (χ0n) is 36.0. The molecule has 0 amide bonds. The Bertz CT molecular complexity index is 4140. The predicted octanol–water partition coefficient (Wildman–Crippen LogP) is 15.8. The first-order chi connectivity index (χ1) is 33.2. The molecule has 0 saturated heterocycles. The lowest BCUT2D eigenvalue weighted by Crippen LogP contribution is -2.06. The van der Waals surface area contributed by atoms with Crippen molar-refractivity contribution in [2.24, 2.45) is 0 Å². The molecule has 0 aliphatic carbocycles. The van der Waals surface area contributed by atoms with E-state index in [1.54, 1.807) is 0 Å². The molecular weight excluding hydrogens is 819 g/mol. The highest BCUT2D eigenvalue weighted by molar-refractivity contribution is 6.26. The molecule has 4 aromatic heterocycles. The normalized spacial score (nSPS) is 11.9. The van der Waals surface area contributed by atoms with Crippen LogP contribution in [0.5, 0.6) is 0 Å². The molecule has 0 atom stereocenters. The van der Waals surface area contributed by atoms with Gasteiger partial charge in [0.1, 0.15) is 5.52 Å². The van der Waals surface area contributed by atoms with Crippen LogP contribution >= 0.6 is 0 Å². The number of hydrogen-bond acceptors (Lipinski definition) is 4. The van der Waals surface area contributed by atoms with Crippen molar-refractivity contribution >= 4 is 76.3 Å². The Hall–Kier alpha value is -9.13. The number of hydrogen-bond donors (Lipinski definition) is 0. The van der Waals surface area contributed by atoms with Gasteiger partial charge in [-0.3, -0.25) is 4.57 Å². The molecule has 14 aromatic rings. The SMILES string of the molecule is c1ccc(-c2ccc(-c3nc(-c4ccc(-c5ccccc5)cc4)nc(-n4c5ccccc5c5ccc6c7ccc8c9ccccc9n(-c9ccc%10ccccc%10c9)c8c7oc6c54)n3)cc2)cc1. The number of para-hydroxylation sites is 2. The van der Waals surface area contributed by atoms with E-state index >= 15 is 0 Å². The average molecular weight is 856 g/mol. The van der Waals surface area contributed by atoms with E-state index in [0.29, 0.717) is 17.6 Å². The summed E-state index contributed by atoms with van der Waals surface area (Å²) >= 11 is 0. The number of aromatic nitrogens is 5. The van der Waals surface area contributed by atoms with Crippen LogP contribution in [0.3, 0.4) is 0 Å². The van der Waals surface area contributed by atoms with E-state index in [1.807, 2.05) is 12.1 Å². The minimum atomic E-state index is 0.508. The van der Waals surface area contributed by atoms with Crippen LogP contribution in [0.15, 0.2) is 229 Å². The third kappa shape index (κ3) is 5.86. The van der Waals surface area contributed by atoms with Gasteiger partial charge < -0.3 is 8.98 Å². The minimum absolute atomic E-state index is 0.508. The van der Waals surface area contributed by atoms with Gasteiger partial charge in [0, 0.05) is 49.1 Å². The molecule has 0 fully saturated rings. The molecule has 0 N–H and O–H groups in total. The maximum atomic E-state index is 7.38. The Morgan fingerprint density at radius 1 is 0.299 bits per heavy atom. The molecule has 0 spiro atoms. The maximum Gasteiger partial charge on any atom is 0.238 e. The quantitative estimate of drug-likeness (QED) is 0.167. The third-order valence-electron chi connectivity index (χ3n) is 13.4. The maximum absolute atomic E-state index is 7.38. The van der Waals surface area contributed by atoms with Crippen molar-refractivity contribution in [1.29, 1.82) is 0 Å². The molecule has 0 aliphatic heterocycles. The van der Waals surface area contributed by atoms with Crippen molar-refractivity contribution in [3.05, 3.63) is 224 Å². The summed E-state index contributed by atoms with van der Waals surface area (Å²) < 4.78 is 11.9. The lowest BCUT2D eigenvalue weighted by Gasteiger charge is -2.12. The largest absolute Gasteiger partial charge is 0.452 e. The Labute approximate surface area is 384 Å². The number of rotatable bonds is 6. The first-order valence-electron chi connectivity index (χ1n) is 22.6. The van der Waals surface area contributed by atoms with Gasteiger partial charge in [-0.15, -0.1) is 0 Å². The molecule has 312 valence electrons. The van der Waals surface area contributed by atoms with Crippen LogP contribution in [0.4, 0.5) is 0 Å². The second-order valence-electron chi connectivity index (χ2n) is 17.2. The molecule has 0 bridgehead atoms. The second-order valence-corrected chi connectivity index (χ2v) is 17.2. The highest BCUT2D eigenvalue weighted by Gasteiger charge is 2.25. The first kappa shape index (κ1) is 37.3. The highest BCUT2D eigenvalue weighted by atomic mass is 16.3. The standard InChI is InChI=1S/C61H37N5O/c1-3-13-38(14-4-1)41-23-27-43(28-24-41)59-62-60(44-29-25-42(26-30-44)39-15-5-2-6-16-39)64-61(63-59)66-54-22-12-10-20-48(54)50-34-36-52-51-35-33-49-47-19-9-11-21-53(47)65(55(49)57(51)67-58(52)56(50)66)46-32-31-40-17-7-8-18-45(40)37-46/h1-37H. The zero-order valence-corrected chi connectivity index (χ0v) is 36.0. The molecule has 0 aliphatic rings. The summed E-state index contributed by atoms with van der Waals surface area (Å²) in [5.41, 5.74) is 13.1. The van der Waals surface area contributed by atoms with E-state index in [-0.39, 0.29) is 0 Å². The van der Waals surface area contributed by atoms with Crippen molar-refractivity contribution in [3.8, 4) is 56.7 Å². The van der Waals surface area contributed by atoms with Gasteiger partial charge in [0.2, 0.25) is 5.95 Å². The summed E-state index contributed by atoms with van der Waals surface area (Å²) in [6, 6.07) is 79.1. The molecule has 67 heavy (non-hydrogen) atoms. The summed E-state index contributed by atoms with van der Waals surface area (Å²) in [5.74, 6) is 1.67. The topological polar surface area (TPSA) is 61.7 Å². The molecule has 0 unspecified atom stereocenters. The van der Waals surface area contributed by atoms with Gasteiger partial charge in [0.05, 0.1) is 16.6 Å². The van der Waals surface area contributed by atoms with Gasteiger partial charge in [-0.25, -0.2) is 4.98 Å². The van der Waals surface area contributed by atoms with Crippen molar-refractivity contribution in [2.45, 2.75) is 0 Å². The average Bonchev–Trinajstić information content (AvgIpc) is 4.07. The number of fused-ring (bicyclic) bond motifs is 12. The lowest BCUT2D eigenvalue weighted by molar-refractivity contribution is 0.673. The van der Waals surface area contributed by atoms with E-state index in [1.165, 1.54) is 16.2 Å². The fraction of sp³-hybridized carbons (Fsp3) is 0. The van der Waals surface area contributed by atoms with Gasteiger partial charge >= 0.3 is 0 Å². The lowest BCUT2D eigenvalue weighted by atomic mass is 10.0. The molecule has 6 heteroatoms. The smallest absolute Gasteiger partial charge is 0.238 e. The second kappa shape index (κ2) is 14.7. The summed E-state index contributed by atoms with van der Waals surface area (Å²) in [7, 11) is 0. The van der Waals surface area contributed by atoms with Crippen LogP contribution in [0.25, 0.3) is 133 Å². The summed E-state index contributed by atoms with van der Waals surface area (Å²) in [4.78, 5) is 15.9. The fourth-order valence-electron chi connectivity index (χ4n) is 10.2. The van der Waals surface area contributed by atoms with E-state index in [0.717, 1.165) is 99.2 Å². The van der Waals surface area contributed by atoms with Crippen molar-refractivity contribution in [3.63, 3.8) is 0 Å². The third-order valence-corrected chi connectivity index (χ3v) is 13.4. The monoisotopic (exact) mass is 855 g/mol. The van der Waals surface area contributed by atoms with Crippen LogP contribution < -0.4 is 0 Å². The molecule has 14 rings (SSSR count). The highest BCUT2D eigenvalue weighted by Crippen LogP contribution is 2.44. The van der Waals surface area contributed by atoms with Crippen LogP contribution in [0.2, 0.25) is 0 Å². The van der Waals surface area contributed by atoms with Gasteiger partial charge in [0.25, 0.3) is 0 Å². The van der Waals surface area contributed by atoms with Crippen molar-refractivity contribution < 1.29 is 4.42 Å². The number of benzene rings is 10. The predicted molar refractivity (Wildman–Crippen MR) is 275 cm³/mol. The van der Waals surface area contributed by atoms with E-state index in [4.69, 9.17) is 19.4 Å². The van der Waals surface area contributed by atoms with Gasteiger partial charge in [-0.05, 0) is 69.4 Å². The number of furan rings is 1. The molecule has 4 heterocycles. The summed E-state index contributed by atoms with van der Waals surface area (Å²) in [6.07, 6.45) is 0. The van der Waals surface area contributed by atoms with Crippen molar-refractivity contribution in [2.75, 3.05) is 0 Å². The number of nitrogens with zero attached hydrogens (tertiary/aromatic N) is 5. The first-order valence-corrected chi connectivity index (χ1v) is 22.6. The van der Waals surface area contributed by atoms with E-state index in [9.17, 15) is 0 Å². The molecule has 0 saturated carbocycles. The van der Waals surface area contributed by atoms with Crippen LogP contribution in [0, 0.1) is 0 Å². The summed E-state index contributed by atoms with van der Waals surface area (Å²) in [5, 5.41) is 8.89. The molecule has 6 nitrogen and oxygen atoms in total. The van der Waals surface area contributed by atoms with Gasteiger partial charge in [-0.2, -0.15) is 9.97 Å². The van der Waals surface area contributed by atoms with E-state index < -0.39 is 0 Å². The Kier molecular flexibility index (Phi) is 8.18. The Morgan fingerprint density at radius 3 is 1.30 bits per heavy atom. The molecule has 0 radical (unpaired) electrons. The van der Waals surface area contributed by atoms with Crippen LogP contribution in [0.1, 0.15) is 0 Å². The molecular formula is C61H37N5O. The van der Waals surface area contributed by atoms with Crippen LogP contribution in [-0.2, 0) is 0 Å². The van der Waals surface area contributed by atoms with Crippen molar-refractivity contribution in [1.82, 2.24) is 24.1 Å². The van der Waals surface area contributed by atoms with Crippen LogP contribution in [-0.4, -0.2) is 24.1 Å². The van der Waals surface area contributed by atoms with Gasteiger partial charge in [0.15, 0.2) is 22.8 Å². The Morgan fingerprint density at radius 2 is 0.731 bits per heavy atom.